The van der Waals surface area contributed by atoms with Crippen LogP contribution in [0.25, 0.3) is 5.69 Å². The third kappa shape index (κ3) is 5.10. The topological polar surface area (TPSA) is 70.4 Å². The van der Waals surface area contributed by atoms with Crippen LogP contribution in [0.3, 0.4) is 0 Å². The van der Waals surface area contributed by atoms with Gasteiger partial charge >= 0.3 is 0 Å². The number of hydrogen-bond acceptors (Lipinski definition) is 6. The van der Waals surface area contributed by atoms with E-state index >= 15 is 0 Å². The fourth-order valence-electron chi connectivity index (χ4n) is 1.81. The highest BCUT2D eigenvalue weighted by Crippen LogP contribution is 2.12. The summed E-state index contributed by atoms with van der Waals surface area (Å²) in [6.07, 6.45) is 1.86. The SMILES string of the molecule is CNc1ccc(-n2cc(COCCOCCOC)nn2)cc1. The van der Waals surface area contributed by atoms with Crippen LogP contribution in [-0.4, -0.2) is 55.6 Å². The maximum absolute atomic E-state index is 5.49. The summed E-state index contributed by atoms with van der Waals surface area (Å²) < 4.78 is 17.4. The predicted octanol–water partition coefficient (Wildman–Crippen LogP) is 1.49. The molecule has 22 heavy (non-hydrogen) atoms. The van der Waals surface area contributed by atoms with Crippen LogP contribution in [0.5, 0.6) is 0 Å². The molecule has 2 aromatic rings. The monoisotopic (exact) mass is 306 g/mol. The molecule has 7 nitrogen and oxygen atoms in total. The molecule has 1 N–H and O–H groups in total. The number of aromatic nitrogens is 3. The molecular formula is C15H22N4O3. The van der Waals surface area contributed by atoms with Crippen LogP contribution in [-0.2, 0) is 20.8 Å². The van der Waals surface area contributed by atoms with Crippen LogP contribution >= 0.6 is 0 Å². The molecule has 0 aliphatic heterocycles. The molecular weight excluding hydrogens is 284 g/mol. The molecule has 0 aliphatic rings. The second-order valence-corrected chi connectivity index (χ2v) is 4.61. The summed E-state index contributed by atoms with van der Waals surface area (Å²) in [6, 6.07) is 7.94. The van der Waals surface area contributed by atoms with Gasteiger partial charge in [-0.15, -0.1) is 5.10 Å². The summed E-state index contributed by atoms with van der Waals surface area (Å²) in [4.78, 5) is 0. The Balaban J connectivity index is 1.74. The molecule has 0 aliphatic carbocycles. The Morgan fingerprint density at radius 2 is 1.77 bits per heavy atom. The van der Waals surface area contributed by atoms with E-state index in [9.17, 15) is 0 Å². The maximum Gasteiger partial charge on any atom is 0.109 e. The van der Waals surface area contributed by atoms with Gasteiger partial charge in [0.05, 0.1) is 44.9 Å². The first-order valence-electron chi connectivity index (χ1n) is 7.17. The summed E-state index contributed by atoms with van der Waals surface area (Å²) in [7, 11) is 3.54. The van der Waals surface area contributed by atoms with Crippen molar-refractivity contribution < 1.29 is 14.2 Å². The second-order valence-electron chi connectivity index (χ2n) is 4.61. The zero-order valence-electron chi connectivity index (χ0n) is 13.0. The number of benzene rings is 1. The molecule has 0 atom stereocenters. The minimum absolute atomic E-state index is 0.419. The van der Waals surface area contributed by atoms with E-state index in [-0.39, 0.29) is 0 Å². The highest BCUT2D eigenvalue weighted by Gasteiger charge is 2.03. The van der Waals surface area contributed by atoms with E-state index in [1.807, 2.05) is 37.5 Å². The molecule has 120 valence electrons. The van der Waals surface area contributed by atoms with Gasteiger partial charge in [0.2, 0.25) is 0 Å². The van der Waals surface area contributed by atoms with Crippen molar-refractivity contribution in [1.82, 2.24) is 15.0 Å². The van der Waals surface area contributed by atoms with Gasteiger partial charge in [-0.05, 0) is 24.3 Å². The molecule has 0 fully saturated rings. The number of methoxy groups -OCH3 is 1. The summed E-state index contributed by atoms with van der Waals surface area (Å²) in [6.45, 7) is 2.66. The number of anilines is 1. The number of nitrogens with zero attached hydrogens (tertiary/aromatic N) is 3. The van der Waals surface area contributed by atoms with Crippen LogP contribution < -0.4 is 5.32 Å². The van der Waals surface area contributed by atoms with E-state index in [0.29, 0.717) is 33.0 Å². The average molecular weight is 306 g/mol. The summed E-state index contributed by atoms with van der Waals surface area (Å²) in [5.74, 6) is 0. The Labute approximate surface area is 130 Å². The molecule has 1 heterocycles. The molecule has 0 radical (unpaired) electrons. The van der Waals surface area contributed by atoms with Gasteiger partial charge in [-0.25, -0.2) is 4.68 Å². The van der Waals surface area contributed by atoms with Crippen molar-refractivity contribution >= 4 is 5.69 Å². The van der Waals surface area contributed by atoms with Gasteiger partial charge in [-0.2, -0.15) is 0 Å². The number of ether oxygens (including phenoxy) is 3. The highest BCUT2D eigenvalue weighted by atomic mass is 16.5. The first-order chi connectivity index (χ1) is 10.8. The number of nitrogens with one attached hydrogen (secondary N) is 1. The third-order valence-electron chi connectivity index (χ3n) is 3.02. The van der Waals surface area contributed by atoms with Crippen LogP contribution in [0.4, 0.5) is 5.69 Å². The Morgan fingerprint density at radius 3 is 2.50 bits per heavy atom. The quantitative estimate of drug-likeness (QED) is 0.671. The summed E-state index contributed by atoms with van der Waals surface area (Å²) in [5, 5.41) is 11.3. The van der Waals surface area contributed by atoms with E-state index < -0.39 is 0 Å². The predicted molar refractivity (Wildman–Crippen MR) is 83.3 cm³/mol. The van der Waals surface area contributed by atoms with Crippen molar-refractivity contribution in [3.8, 4) is 5.69 Å². The molecule has 1 aromatic heterocycles. The number of rotatable bonds is 10. The lowest BCUT2D eigenvalue weighted by molar-refractivity contribution is 0.0192. The van der Waals surface area contributed by atoms with Crippen molar-refractivity contribution in [1.29, 1.82) is 0 Å². The highest BCUT2D eigenvalue weighted by molar-refractivity contribution is 5.47. The van der Waals surface area contributed by atoms with Crippen molar-refractivity contribution in [3.63, 3.8) is 0 Å². The van der Waals surface area contributed by atoms with Crippen LogP contribution in [0.15, 0.2) is 30.5 Å². The van der Waals surface area contributed by atoms with Crippen LogP contribution in [0.2, 0.25) is 0 Å². The molecule has 1 aromatic carbocycles. The lowest BCUT2D eigenvalue weighted by Gasteiger charge is -2.04. The van der Waals surface area contributed by atoms with Crippen molar-refractivity contribution in [2.45, 2.75) is 6.61 Å². The molecule has 0 bridgehead atoms. The minimum Gasteiger partial charge on any atom is -0.388 e. The smallest absolute Gasteiger partial charge is 0.109 e. The van der Waals surface area contributed by atoms with E-state index in [4.69, 9.17) is 14.2 Å². The Hall–Kier alpha value is -1.96. The van der Waals surface area contributed by atoms with Gasteiger partial charge in [0.25, 0.3) is 0 Å². The third-order valence-corrected chi connectivity index (χ3v) is 3.02. The van der Waals surface area contributed by atoms with E-state index in [0.717, 1.165) is 17.1 Å². The van der Waals surface area contributed by atoms with Gasteiger partial charge in [-0.3, -0.25) is 0 Å². The van der Waals surface area contributed by atoms with Gasteiger partial charge < -0.3 is 19.5 Å². The van der Waals surface area contributed by atoms with Crippen molar-refractivity contribution in [2.75, 3.05) is 45.9 Å². The van der Waals surface area contributed by atoms with Gasteiger partial charge in [0.1, 0.15) is 5.69 Å². The van der Waals surface area contributed by atoms with E-state index in [1.165, 1.54) is 0 Å². The Kier molecular flexibility index (Phi) is 6.82. The molecule has 7 heteroatoms. The van der Waals surface area contributed by atoms with Crippen LogP contribution in [0.1, 0.15) is 5.69 Å². The first-order valence-corrected chi connectivity index (χ1v) is 7.17. The molecule has 0 saturated heterocycles. The average Bonchev–Trinajstić information content (AvgIpc) is 3.03. The van der Waals surface area contributed by atoms with Crippen molar-refractivity contribution in [3.05, 3.63) is 36.2 Å². The van der Waals surface area contributed by atoms with Crippen LogP contribution in [0, 0.1) is 0 Å². The molecule has 0 spiro atoms. The maximum atomic E-state index is 5.49. The minimum atomic E-state index is 0.419. The largest absolute Gasteiger partial charge is 0.388 e. The number of hydrogen-bond donors (Lipinski definition) is 1. The Morgan fingerprint density at radius 1 is 1.05 bits per heavy atom. The first kappa shape index (κ1) is 16.4. The van der Waals surface area contributed by atoms with E-state index in [1.54, 1.807) is 11.8 Å². The fourth-order valence-corrected chi connectivity index (χ4v) is 1.81. The van der Waals surface area contributed by atoms with Gasteiger partial charge in [0.15, 0.2) is 0 Å². The second kappa shape index (κ2) is 9.14. The van der Waals surface area contributed by atoms with E-state index in [2.05, 4.69) is 15.6 Å². The lowest BCUT2D eigenvalue weighted by Crippen LogP contribution is -2.08. The standard InChI is InChI=1S/C15H22N4O3/c1-16-13-3-5-15(6-4-13)19-11-14(17-18-19)12-22-10-9-21-8-7-20-2/h3-6,11,16H,7-10,12H2,1-2H3. The molecule has 2 rings (SSSR count). The molecule has 0 amide bonds. The normalized spacial score (nSPS) is 10.8. The lowest BCUT2D eigenvalue weighted by atomic mass is 10.3. The zero-order valence-corrected chi connectivity index (χ0v) is 13.0. The zero-order chi connectivity index (χ0) is 15.6. The van der Waals surface area contributed by atoms with Crippen molar-refractivity contribution in [2.24, 2.45) is 0 Å². The summed E-state index contributed by atoms with van der Waals surface area (Å²) >= 11 is 0. The summed E-state index contributed by atoms with van der Waals surface area (Å²) in [5.41, 5.74) is 2.80. The van der Waals surface area contributed by atoms with Gasteiger partial charge in [-0.1, -0.05) is 5.21 Å². The Bertz CT molecular complexity index is 542. The van der Waals surface area contributed by atoms with Gasteiger partial charge in [0, 0.05) is 19.8 Å². The fraction of sp³-hybridized carbons (Fsp3) is 0.467. The molecule has 0 unspecified atom stereocenters. The molecule has 0 saturated carbocycles.